The number of carbonyl (C=O) groups excluding carboxylic acids is 1. The number of amides is 2. The molecule has 2 amide bonds. The van der Waals surface area contributed by atoms with Crippen LogP contribution in [0, 0.1) is 12.8 Å². The third-order valence-corrected chi connectivity index (χ3v) is 3.55. The summed E-state index contributed by atoms with van der Waals surface area (Å²) in [6, 6.07) is 3.40. The molecule has 0 aromatic carbocycles. The highest BCUT2D eigenvalue weighted by molar-refractivity contribution is 5.88. The van der Waals surface area contributed by atoms with Gasteiger partial charge in [-0.1, -0.05) is 18.9 Å². The fourth-order valence-corrected chi connectivity index (χ4v) is 2.35. The summed E-state index contributed by atoms with van der Waals surface area (Å²) < 4.78 is 0. The smallest absolute Gasteiger partial charge is 0.320 e. The largest absolute Gasteiger partial charge is 0.393 e. The summed E-state index contributed by atoms with van der Waals surface area (Å²) in [5.74, 6) is 0.706. The average Bonchev–Trinajstić information content (AvgIpc) is 2.40. The highest BCUT2D eigenvalue weighted by Gasteiger charge is 2.23. The Hall–Kier alpha value is -1.62. The monoisotopic (exact) mass is 263 g/mol. The van der Waals surface area contributed by atoms with E-state index in [-0.39, 0.29) is 18.1 Å². The van der Waals surface area contributed by atoms with Crippen LogP contribution in [0.3, 0.4) is 0 Å². The van der Waals surface area contributed by atoms with Gasteiger partial charge in [-0.2, -0.15) is 0 Å². The number of hydrogen-bond donors (Lipinski definition) is 3. The fraction of sp³-hybridized carbons (Fsp3) is 0.571. The van der Waals surface area contributed by atoms with Crippen LogP contribution in [-0.4, -0.2) is 28.8 Å². The lowest BCUT2D eigenvalue weighted by atomic mass is 9.86. The van der Waals surface area contributed by atoms with Crippen LogP contribution in [0.5, 0.6) is 0 Å². The van der Waals surface area contributed by atoms with Crippen molar-refractivity contribution >= 4 is 11.8 Å². The van der Waals surface area contributed by atoms with Crippen molar-refractivity contribution in [3.63, 3.8) is 0 Å². The predicted molar refractivity (Wildman–Crippen MR) is 74.0 cm³/mol. The van der Waals surface area contributed by atoms with Gasteiger partial charge in [0.15, 0.2) is 0 Å². The minimum Gasteiger partial charge on any atom is -0.393 e. The van der Waals surface area contributed by atoms with Crippen LogP contribution >= 0.6 is 0 Å². The number of aliphatic hydroxyl groups excluding tert-OH is 1. The molecule has 19 heavy (non-hydrogen) atoms. The fourth-order valence-electron chi connectivity index (χ4n) is 2.35. The molecule has 5 heteroatoms. The van der Waals surface area contributed by atoms with Crippen molar-refractivity contribution in [3.8, 4) is 0 Å². The van der Waals surface area contributed by atoms with Gasteiger partial charge in [-0.15, -0.1) is 0 Å². The van der Waals surface area contributed by atoms with Crippen LogP contribution in [0.25, 0.3) is 0 Å². The molecule has 1 fully saturated rings. The Labute approximate surface area is 113 Å². The van der Waals surface area contributed by atoms with Gasteiger partial charge in [0, 0.05) is 18.7 Å². The van der Waals surface area contributed by atoms with Gasteiger partial charge < -0.3 is 10.4 Å². The maximum absolute atomic E-state index is 11.7. The molecule has 1 aliphatic carbocycles. The topological polar surface area (TPSA) is 74.2 Å². The molecule has 5 nitrogen and oxygen atoms in total. The number of nitrogens with one attached hydrogen (secondary N) is 2. The Morgan fingerprint density at radius 1 is 1.42 bits per heavy atom. The summed E-state index contributed by atoms with van der Waals surface area (Å²) >= 11 is 0. The second-order valence-corrected chi connectivity index (χ2v) is 5.17. The third-order valence-electron chi connectivity index (χ3n) is 3.55. The third kappa shape index (κ3) is 4.21. The van der Waals surface area contributed by atoms with E-state index in [0.29, 0.717) is 12.4 Å². The van der Waals surface area contributed by atoms with E-state index < -0.39 is 0 Å². The van der Waals surface area contributed by atoms with Crippen molar-refractivity contribution in [2.24, 2.45) is 5.92 Å². The van der Waals surface area contributed by atoms with E-state index in [2.05, 4.69) is 15.6 Å². The first-order valence-electron chi connectivity index (χ1n) is 6.81. The van der Waals surface area contributed by atoms with E-state index in [4.69, 9.17) is 0 Å². The molecule has 0 saturated heterocycles. The Morgan fingerprint density at radius 3 is 2.89 bits per heavy atom. The van der Waals surface area contributed by atoms with Gasteiger partial charge in [0.25, 0.3) is 0 Å². The number of aliphatic hydroxyl groups is 1. The molecule has 2 rings (SSSR count). The molecular formula is C14H21N3O2. The van der Waals surface area contributed by atoms with Crippen LogP contribution in [0.2, 0.25) is 0 Å². The molecular weight excluding hydrogens is 242 g/mol. The number of rotatable bonds is 3. The van der Waals surface area contributed by atoms with E-state index >= 15 is 0 Å². The molecule has 0 spiro atoms. The molecule has 2 atom stereocenters. The normalized spacial score (nSPS) is 22.8. The lowest BCUT2D eigenvalue weighted by Crippen LogP contribution is -2.38. The van der Waals surface area contributed by atoms with Gasteiger partial charge in [-0.05, 0) is 31.4 Å². The second kappa shape index (κ2) is 6.52. The maximum atomic E-state index is 11.7. The van der Waals surface area contributed by atoms with Crippen molar-refractivity contribution in [1.82, 2.24) is 10.3 Å². The van der Waals surface area contributed by atoms with E-state index in [0.717, 1.165) is 31.2 Å². The summed E-state index contributed by atoms with van der Waals surface area (Å²) in [5, 5.41) is 15.3. The molecule has 0 radical (unpaired) electrons. The van der Waals surface area contributed by atoms with E-state index in [1.54, 1.807) is 12.3 Å². The Kier molecular flexibility index (Phi) is 4.74. The van der Waals surface area contributed by atoms with Gasteiger partial charge in [0.2, 0.25) is 0 Å². The summed E-state index contributed by atoms with van der Waals surface area (Å²) in [4.78, 5) is 15.8. The summed E-state index contributed by atoms with van der Waals surface area (Å²) in [6.07, 6.45) is 5.45. The number of anilines is 1. The number of pyridine rings is 1. The van der Waals surface area contributed by atoms with Gasteiger partial charge in [0.1, 0.15) is 5.82 Å². The molecule has 104 valence electrons. The minimum absolute atomic E-state index is 0.172. The maximum Gasteiger partial charge on any atom is 0.320 e. The SMILES string of the molecule is Cc1ccc(NC(=O)NC[C@H]2CCCC[C@@H]2O)nc1. The zero-order valence-corrected chi connectivity index (χ0v) is 11.2. The van der Waals surface area contributed by atoms with Crippen molar-refractivity contribution in [1.29, 1.82) is 0 Å². The highest BCUT2D eigenvalue weighted by atomic mass is 16.3. The number of aromatic nitrogens is 1. The molecule has 1 aliphatic rings. The van der Waals surface area contributed by atoms with Gasteiger partial charge >= 0.3 is 6.03 Å². The van der Waals surface area contributed by atoms with Crippen LogP contribution in [0.15, 0.2) is 18.3 Å². The Bertz CT molecular complexity index is 419. The quantitative estimate of drug-likeness (QED) is 0.781. The van der Waals surface area contributed by atoms with Gasteiger partial charge in [0.05, 0.1) is 6.10 Å². The van der Waals surface area contributed by atoms with E-state index in [1.807, 2.05) is 13.0 Å². The summed E-state index contributed by atoms with van der Waals surface area (Å²) in [7, 11) is 0. The van der Waals surface area contributed by atoms with Crippen molar-refractivity contribution < 1.29 is 9.90 Å². The second-order valence-electron chi connectivity index (χ2n) is 5.17. The lowest BCUT2D eigenvalue weighted by molar-refractivity contribution is 0.0711. The molecule has 0 aliphatic heterocycles. The molecule has 0 unspecified atom stereocenters. The zero-order valence-electron chi connectivity index (χ0n) is 11.2. The first kappa shape index (κ1) is 13.8. The van der Waals surface area contributed by atoms with Crippen molar-refractivity contribution in [2.45, 2.75) is 38.7 Å². The predicted octanol–water partition coefficient (Wildman–Crippen LogP) is 2.06. The number of nitrogens with zero attached hydrogens (tertiary/aromatic N) is 1. The lowest BCUT2D eigenvalue weighted by Gasteiger charge is -2.27. The number of urea groups is 1. The van der Waals surface area contributed by atoms with Gasteiger partial charge in [-0.3, -0.25) is 5.32 Å². The molecule has 1 saturated carbocycles. The van der Waals surface area contributed by atoms with Crippen LogP contribution in [0.1, 0.15) is 31.2 Å². The summed E-state index contributed by atoms with van der Waals surface area (Å²) in [5.41, 5.74) is 1.05. The standard InChI is InChI=1S/C14H21N3O2/c1-10-6-7-13(15-8-10)17-14(19)16-9-11-4-2-3-5-12(11)18/h6-8,11-12,18H,2-5,9H2,1H3,(H2,15,16,17,19)/t11-,12+/m1/s1. The Morgan fingerprint density at radius 2 is 2.21 bits per heavy atom. The average molecular weight is 263 g/mol. The van der Waals surface area contributed by atoms with Crippen LogP contribution < -0.4 is 10.6 Å². The van der Waals surface area contributed by atoms with Crippen molar-refractivity contribution in [2.75, 3.05) is 11.9 Å². The molecule has 3 N–H and O–H groups in total. The van der Waals surface area contributed by atoms with Gasteiger partial charge in [-0.25, -0.2) is 9.78 Å². The first-order valence-corrected chi connectivity index (χ1v) is 6.81. The number of aryl methyl sites for hydroxylation is 1. The molecule has 1 aromatic heterocycles. The number of hydrogen-bond acceptors (Lipinski definition) is 3. The molecule has 1 heterocycles. The van der Waals surface area contributed by atoms with E-state index in [9.17, 15) is 9.90 Å². The highest BCUT2D eigenvalue weighted by Crippen LogP contribution is 2.23. The first-order chi connectivity index (χ1) is 9.15. The van der Waals surface area contributed by atoms with Crippen molar-refractivity contribution in [3.05, 3.63) is 23.9 Å². The molecule has 0 bridgehead atoms. The van der Waals surface area contributed by atoms with Crippen LogP contribution in [-0.2, 0) is 0 Å². The zero-order chi connectivity index (χ0) is 13.7. The van der Waals surface area contributed by atoms with Crippen LogP contribution in [0.4, 0.5) is 10.6 Å². The minimum atomic E-state index is -0.286. The molecule has 1 aromatic rings. The Balaban J connectivity index is 1.76. The summed E-state index contributed by atoms with van der Waals surface area (Å²) in [6.45, 7) is 2.46. The van der Waals surface area contributed by atoms with E-state index in [1.165, 1.54) is 0 Å². The number of carbonyl (C=O) groups is 1.